The fraction of sp³-hybridized carbons (Fsp3) is 0.500. The lowest BCUT2D eigenvalue weighted by Gasteiger charge is -2.10. The fourth-order valence-electron chi connectivity index (χ4n) is 1.28. The molecule has 12 heavy (non-hydrogen) atoms. The zero-order valence-electron chi connectivity index (χ0n) is 7.04. The highest BCUT2D eigenvalue weighted by Crippen LogP contribution is 2.44. The first-order chi connectivity index (χ1) is 5.62. The summed E-state index contributed by atoms with van der Waals surface area (Å²) in [6.45, 7) is 1.82. The van der Waals surface area contributed by atoms with E-state index in [4.69, 9.17) is 11.5 Å². The lowest BCUT2D eigenvalue weighted by Crippen LogP contribution is -2.21. The molecule has 0 aliphatic heterocycles. The molecule has 0 spiro atoms. The third kappa shape index (κ3) is 1.04. The maximum atomic E-state index is 5.96. The van der Waals surface area contributed by atoms with Gasteiger partial charge in [-0.1, -0.05) is 0 Å². The van der Waals surface area contributed by atoms with E-state index < -0.39 is 0 Å². The van der Waals surface area contributed by atoms with Gasteiger partial charge in [-0.3, -0.25) is 0 Å². The Hall–Kier alpha value is -1.16. The van der Waals surface area contributed by atoms with Gasteiger partial charge in [0.25, 0.3) is 0 Å². The molecule has 0 amide bonds. The van der Waals surface area contributed by atoms with E-state index in [-0.39, 0.29) is 5.54 Å². The van der Waals surface area contributed by atoms with E-state index in [2.05, 4.69) is 9.97 Å². The van der Waals surface area contributed by atoms with Crippen molar-refractivity contribution in [3.63, 3.8) is 0 Å². The maximum Gasteiger partial charge on any atom is 0.132 e. The van der Waals surface area contributed by atoms with Gasteiger partial charge in [-0.15, -0.1) is 0 Å². The second-order valence-electron chi connectivity index (χ2n) is 3.37. The van der Waals surface area contributed by atoms with Gasteiger partial charge in [0.1, 0.15) is 11.6 Å². The van der Waals surface area contributed by atoms with Crippen LogP contribution in [0.15, 0.2) is 6.20 Å². The third-order valence-electron chi connectivity index (χ3n) is 2.26. The van der Waals surface area contributed by atoms with Crippen LogP contribution in [0.4, 0.5) is 5.82 Å². The van der Waals surface area contributed by atoms with Crippen LogP contribution >= 0.6 is 0 Å². The number of nitrogens with two attached hydrogens (primary N) is 2. The predicted molar refractivity (Wildman–Crippen MR) is 46.3 cm³/mol. The molecule has 1 heterocycles. The number of nitrogen functional groups attached to an aromatic ring is 1. The smallest absolute Gasteiger partial charge is 0.132 e. The highest BCUT2D eigenvalue weighted by Gasteiger charge is 2.42. The van der Waals surface area contributed by atoms with Crippen LogP contribution in [0, 0.1) is 6.92 Å². The Balaban J connectivity index is 2.45. The molecule has 0 atom stereocenters. The van der Waals surface area contributed by atoms with Crippen molar-refractivity contribution in [2.75, 3.05) is 5.73 Å². The Bertz CT molecular complexity index is 317. The van der Waals surface area contributed by atoms with Gasteiger partial charge in [0.05, 0.1) is 0 Å². The molecule has 0 bridgehead atoms. The minimum Gasteiger partial charge on any atom is -0.383 e. The summed E-state index contributed by atoms with van der Waals surface area (Å²) in [5, 5.41) is 0. The second kappa shape index (κ2) is 2.17. The Morgan fingerprint density at radius 2 is 2.17 bits per heavy atom. The van der Waals surface area contributed by atoms with Crippen LogP contribution in [0.25, 0.3) is 0 Å². The van der Waals surface area contributed by atoms with Gasteiger partial charge in [-0.2, -0.15) is 0 Å². The minimum absolute atomic E-state index is 0.224. The lowest BCUT2D eigenvalue weighted by atomic mass is 10.1. The number of anilines is 1. The molecule has 1 saturated carbocycles. The molecule has 4 nitrogen and oxygen atoms in total. The van der Waals surface area contributed by atoms with Crippen LogP contribution < -0.4 is 11.5 Å². The molecule has 0 saturated heterocycles. The Labute approximate surface area is 71.0 Å². The largest absolute Gasteiger partial charge is 0.383 e. The van der Waals surface area contributed by atoms with Crippen molar-refractivity contribution in [3.8, 4) is 0 Å². The van der Waals surface area contributed by atoms with Crippen molar-refractivity contribution < 1.29 is 0 Å². The van der Waals surface area contributed by atoms with Gasteiger partial charge in [-0.25, -0.2) is 9.97 Å². The summed E-state index contributed by atoms with van der Waals surface area (Å²) >= 11 is 0. The molecule has 4 heteroatoms. The summed E-state index contributed by atoms with van der Waals surface area (Å²) in [5.41, 5.74) is 12.3. The summed E-state index contributed by atoms with van der Waals surface area (Å²) in [5.74, 6) is 1.23. The van der Waals surface area contributed by atoms with E-state index in [1.807, 2.05) is 6.92 Å². The highest BCUT2D eigenvalue weighted by molar-refractivity contribution is 5.45. The van der Waals surface area contributed by atoms with E-state index >= 15 is 0 Å². The van der Waals surface area contributed by atoms with E-state index in [0.717, 1.165) is 18.4 Å². The van der Waals surface area contributed by atoms with Gasteiger partial charge in [0.2, 0.25) is 0 Å². The molecular formula is C8H12N4. The molecule has 64 valence electrons. The molecule has 0 aromatic carbocycles. The van der Waals surface area contributed by atoms with Crippen molar-refractivity contribution in [2.24, 2.45) is 5.73 Å². The Morgan fingerprint density at radius 1 is 1.50 bits per heavy atom. The highest BCUT2D eigenvalue weighted by atomic mass is 15.0. The molecule has 0 unspecified atom stereocenters. The molecule has 1 aromatic heterocycles. The van der Waals surface area contributed by atoms with Crippen LogP contribution in [0.1, 0.15) is 24.2 Å². The SMILES string of the molecule is Cc1ncc(C2(N)CC2)c(N)n1. The fourth-order valence-corrected chi connectivity index (χ4v) is 1.28. The molecule has 1 fully saturated rings. The lowest BCUT2D eigenvalue weighted by molar-refractivity contribution is 0.729. The topological polar surface area (TPSA) is 77.8 Å². The number of rotatable bonds is 1. The minimum atomic E-state index is -0.224. The van der Waals surface area contributed by atoms with Crippen molar-refractivity contribution in [3.05, 3.63) is 17.6 Å². The van der Waals surface area contributed by atoms with Crippen LogP contribution in [-0.2, 0) is 5.54 Å². The third-order valence-corrected chi connectivity index (χ3v) is 2.26. The zero-order valence-corrected chi connectivity index (χ0v) is 7.04. The average molecular weight is 164 g/mol. The normalized spacial score (nSPS) is 19.2. The van der Waals surface area contributed by atoms with Crippen molar-refractivity contribution in [1.82, 2.24) is 9.97 Å². The Kier molecular flexibility index (Phi) is 1.35. The predicted octanol–water partition coefficient (Wildman–Crippen LogP) is 0.315. The van der Waals surface area contributed by atoms with Crippen LogP contribution in [0.2, 0.25) is 0 Å². The molecular weight excluding hydrogens is 152 g/mol. The number of hydrogen-bond donors (Lipinski definition) is 2. The van der Waals surface area contributed by atoms with Gasteiger partial charge < -0.3 is 11.5 Å². The number of aromatic nitrogens is 2. The Morgan fingerprint density at radius 3 is 2.67 bits per heavy atom. The standard InChI is InChI=1S/C8H12N4/c1-5-11-4-6(7(9)12-5)8(10)2-3-8/h4H,2-3,10H2,1H3,(H2,9,11,12). The number of aryl methyl sites for hydroxylation is 1. The number of nitrogens with zero attached hydrogens (tertiary/aromatic N) is 2. The van der Waals surface area contributed by atoms with Crippen molar-refractivity contribution >= 4 is 5.82 Å². The molecule has 1 aliphatic rings. The van der Waals surface area contributed by atoms with Gasteiger partial charge >= 0.3 is 0 Å². The van der Waals surface area contributed by atoms with E-state index in [9.17, 15) is 0 Å². The average Bonchev–Trinajstić information content (AvgIpc) is 2.68. The van der Waals surface area contributed by atoms with Crippen molar-refractivity contribution in [2.45, 2.75) is 25.3 Å². The van der Waals surface area contributed by atoms with Crippen LogP contribution in [0.3, 0.4) is 0 Å². The summed E-state index contributed by atoms with van der Waals surface area (Å²) < 4.78 is 0. The number of hydrogen-bond acceptors (Lipinski definition) is 4. The van der Waals surface area contributed by atoms with E-state index in [1.165, 1.54) is 0 Å². The van der Waals surface area contributed by atoms with Gasteiger partial charge in [0, 0.05) is 17.3 Å². The molecule has 0 radical (unpaired) electrons. The van der Waals surface area contributed by atoms with E-state index in [1.54, 1.807) is 6.20 Å². The summed E-state index contributed by atoms with van der Waals surface area (Å²) in [4.78, 5) is 8.14. The van der Waals surface area contributed by atoms with Gasteiger partial charge in [-0.05, 0) is 19.8 Å². The van der Waals surface area contributed by atoms with Crippen molar-refractivity contribution in [1.29, 1.82) is 0 Å². The maximum absolute atomic E-state index is 5.96. The zero-order chi connectivity index (χ0) is 8.77. The summed E-state index contributed by atoms with van der Waals surface area (Å²) in [7, 11) is 0. The summed E-state index contributed by atoms with van der Waals surface area (Å²) in [6, 6.07) is 0. The van der Waals surface area contributed by atoms with Gasteiger partial charge in [0.15, 0.2) is 0 Å². The first-order valence-corrected chi connectivity index (χ1v) is 4.00. The quantitative estimate of drug-likeness (QED) is 0.626. The molecule has 1 aromatic rings. The van der Waals surface area contributed by atoms with Crippen LogP contribution in [0.5, 0.6) is 0 Å². The molecule has 4 N–H and O–H groups in total. The molecule has 1 aliphatic carbocycles. The first-order valence-electron chi connectivity index (χ1n) is 4.00. The monoisotopic (exact) mass is 164 g/mol. The summed E-state index contributed by atoms with van der Waals surface area (Å²) in [6.07, 6.45) is 3.72. The first kappa shape index (κ1) is 7.49. The molecule has 2 rings (SSSR count). The van der Waals surface area contributed by atoms with Crippen LogP contribution in [-0.4, -0.2) is 9.97 Å². The van der Waals surface area contributed by atoms with E-state index in [0.29, 0.717) is 11.6 Å². The second-order valence-corrected chi connectivity index (χ2v) is 3.37.